The number of thioether (sulfide) groups is 1. The number of hydrogen-bond acceptors (Lipinski definition) is 3. The molecule has 27 heavy (non-hydrogen) atoms. The first-order chi connectivity index (χ1) is 13.3. The third-order valence-electron chi connectivity index (χ3n) is 4.80. The molecule has 3 aromatic rings. The predicted octanol–water partition coefficient (Wildman–Crippen LogP) is 5.25. The molecule has 4 rings (SSSR count). The molecule has 0 fully saturated rings. The molecule has 136 valence electrons. The van der Waals surface area contributed by atoms with Crippen molar-refractivity contribution in [3.8, 4) is 5.75 Å². The van der Waals surface area contributed by atoms with E-state index in [0.29, 0.717) is 5.75 Å². The molecule has 1 heterocycles. The van der Waals surface area contributed by atoms with Gasteiger partial charge >= 0.3 is 0 Å². The molecule has 0 radical (unpaired) electrons. The maximum absolute atomic E-state index is 13.3. The van der Waals surface area contributed by atoms with Crippen molar-refractivity contribution >= 4 is 29.0 Å². The molecular formula is C23H21NO2S. The number of hydrogen-bond donors (Lipinski definition) is 0. The Morgan fingerprint density at radius 1 is 0.889 bits per heavy atom. The second kappa shape index (κ2) is 7.89. The van der Waals surface area contributed by atoms with E-state index in [4.69, 9.17) is 4.74 Å². The standard InChI is InChI=1S/C23H21NO2S/c1-26-19-12-14-20(15-13-19)27-16-23(25)24-21-8-4-2-6-17(21)10-11-18-7-3-5-9-22(18)24/h2-9,12-15H,10-11,16H2,1H3. The molecule has 3 nitrogen and oxygen atoms in total. The van der Waals surface area contributed by atoms with E-state index in [1.807, 2.05) is 65.6 Å². The maximum Gasteiger partial charge on any atom is 0.241 e. The van der Waals surface area contributed by atoms with Gasteiger partial charge in [-0.15, -0.1) is 11.8 Å². The van der Waals surface area contributed by atoms with Gasteiger partial charge < -0.3 is 4.74 Å². The summed E-state index contributed by atoms with van der Waals surface area (Å²) in [6, 6.07) is 24.3. The van der Waals surface area contributed by atoms with E-state index < -0.39 is 0 Å². The Balaban J connectivity index is 1.62. The first kappa shape index (κ1) is 17.7. The zero-order valence-corrected chi connectivity index (χ0v) is 16.0. The van der Waals surface area contributed by atoms with Gasteiger partial charge in [-0.25, -0.2) is 0 Å². The number of fused-ring (bicyclic) bond motifs is 2. The number of carbonyl (C=O) groups is 1. The van der Waals surface area contributed by atoms with Crippen LogP contribution < -0.4 is 9.64 Å². The number of para-hydroxylation sites is 2. The van der Waals surface area contributed by atoms with Gasteiger partial charge in [-0.2, -0.15) is 0 Å². The minimum absolute atomic E-state index is 0.0950. The zero-order chi connectivity index (χ0) is 18.6. The number of anilines is 2. The smallest absolute Gasteiger partial charge is 0.241 e. The maximum atomic E-state index is 13.3. The molecule has 0 aromatic heterocycles. The van der Waals surface area contributed by atoms with E-state index in [1.54, 1.807) is 18.9 Å². The third-order valence-corrected chi connectivity index (χ3v) is 5.80. The van der Waals surface area contributed by atoms with Gasteiger partial charge in [-0.1, -0.05) is 36.4 Å². The molecule has 0 unspecified atom stereocenters. The fourth-order valence-corrected chi connectivity index (χ4v) is 4.18. The summed E-state index contributed by atoms with van der Waals surface area (Å²) in [7, 11) is 1.65. The molecular weight excluding hydrogens is 354 g/mol. The Bertz CT molecular complexity index is 905. The van der Waals surface area contributed by atoms with Crippen molar-refractivity contribution in [2.24, 2.45) is 0 Å². The number of rotatable bonds is 4. The molecule has 1 amide bonds. The molecule has 4 heteroatoms. The highest BCUT2D eigenvalue weighted by Crippen LogP contribution is 2.36. The molecule has 0 N–H and O–H groups in total. The minimum atomic E-state index is 0.0950. The molecule has 0 spiro atoms. The molecule has 0 bridgehead atoms. The summed E-state index contributed by atoms with van der Waals surface area (Å²) in [4.78, 5) is 16.2. The average Bonchev–Trinajstić information content (AvgIpc) is 2.89. The molecule has 0 aliphatic carbocycles. The number of ether oxygens (including phenoxy) is 1. The number of nitrogens with zero attached hydrogens (tertiary/aromatic N) is 1. The number of aryl methyl sites for hydroxylation is 2. The van der Waals surface area contributed by atoms with Crippen molar-refractivity contribution < 1.29 is 9.53 Å². The highest BCUT2D eigenvalue weighted by Gasteiger charge is 2.25. The van der Waals surface area contributed by atoms with Crippen molar-refractivity contribution in [3.05, 3.63) is 83.9 Å². The molecule has 1 aliphatic heterocycles. The van der Waals surface area contributed by atoms with Crippen molar-refractivity contribution in [2.45, 2.75) is 17.7 Å². The summed E-state index contributed by atoms with van der Waals surface area (Å²) >= 11 is 1.55. The van der Waals surface area contributed by atoms with E-state index in [9.17, 15) is 4.79 Å². The van der Waals surface area contributed by atoms with Crippen LogP contribution in [0.5, 0.6) is 5.75 Å². The van der Waals surface area contributed by atoms with Gasteiger partial charge in [0.1, 0.15) is 5.75 Å². The molecule has 3 aromatic carbocycles. The largest absolute Gasteiger partial charge is 0.497 e. The van der Waals surface area contributed by atoms with Gasteiger partial charge in [0, 0.05) is 4.90 Å². The summed E-state index contributed by atoms with van der Waals surface area (Å²) < 4.78 is 5.20. The van der Waals surface area contributed by atoms with Crippen LogP contribution in [-0.2, 0) is 17.6 Å². The van der Waals surface area contributed by atoms with Crippen LogP contribution in [0.2, 0.25) is 0 Å². The summed E-state index contributed by atoms with van der Waals surface area (Å²) in [5.41, 5.74) is 4.44. The van der Waals surface area contributed by atoms with Gasteiger partial charge in [0.2, 0.25) is 5.91 Å². The molecule has 1 aliphatic rings. The van der Waals surface area contributed by atoms with Gasteiger partial charge in [0.15, 0.2) is 0 Å². The first-order valence-corrected chi connectivity index (χ1v) is 10.0. The fourth-order valence-electron chi connectivity index (χ4n) is 3.43. The van der Waals surface area contributed by atoms with Gasteiger partial charge in [-0.05, 0) is 60.4 Å². The Labute approximate surface area is 164 Å². The number of amides is 1. The topological polar surface area (TPSA) is 29.5 Å². The predicted molar refractivity (Wildman–Crippen MR) is 111 cm³/mol. The van der Waals surface area contributed by atoms with Crippen LogP contribution in [0.1, 0.15) is 11.1 Å². The highest BCUT2D eigenvalue weighted by molar-refractivity contribution is 8.00. The van der Waals surface area contributed by atoms with Crippen molar-refractivity contribution in [3.63, 3.8) is 0 Å². The van der Waals surface area contributed by atoms with Crippen LogP contribution in [0.3, 0.4) is 0 Å². The Kier molecular flexibility index (Phi) is 5.16. The summed E-state index contributed by atoms with van der Waals surface area (Å²) in [6.45, 7) is 0. The average molecular weight is 375 g/mol. The molecule has 0 saturated carbocycles. The third kappa shape index (κ3) is 3.71. The number of carbonyl (C=O) groups excluding carboxylic acids is 1. The van der Waals surface area contributed by atoms with Gasteiger partial charge in [0.05, 0.1) is 24.2 Å². The minimum Gasteiger partial charge on any atom is -0.497 e. The monoisotopic (exact) mass is 375 g/mol. The van der Waals surface area contributed by atoms with Crippen LogP contribution in [0, 0.1) is 0 Å². The van der Waals surface area contributed by atoms with Gasteiger partial charge in [-0.3, -0.25) is 9.69 Å². The van der Waals surface area contributed by atoms with Crippen LogP contribution in [0.4, 0.5) is 11.4 Å². The SMILES string of the molecule is COc1ccc(SCC(=O)N2c3ccccc3CCc3ccccc32)cc1. The van der Waals surface area contributed by atoms with Crippen LogP contribution in [0.15, 0.2) is 77.7 Å². The Hall–Kier alpha value is -2.72. The fraction of sp³-hybridized carbons (Fsp3) is 0.174. The molecule has 0 atom stereocenters. The van der Waals surface area contributed by atoms with E-state index in [-0.39, 0.29) is 5.91 Å². The van der Waals surface area contributed by atoms with E-state index in [0.717, 1.165) is 34.9 Å². The summed E-state index contributed by atoms with van der Waals surface area (Å²) in [6.07, 6.45) is 1.89. The lowest BCUT2D eigenvalue weighted by Gasteiger charge is -2.25. The summed E-state index contributed by atoms with van der Waals surface area (Å²) in [5.74, 6) is 1.30. The lowest BCUT2D eigenvalue weighted by atomic mass is 10.0. The lowest BCUT2D eigenvalue weighted by molar-refractivity contribution is -0.115. The second-order valence-electron chi connectivity index (χ2n) is 6.45. The first-order valence-electron chi connectivity index (χ1n) is 9.02. The van der Waals surface area contributed by atoms with Crippen molar-refractivity contribution in [1.29, 1.82) is 0 Å². The van der Waals surface area contributed by atoms with E-state index in [1.165, 1.54) is 11.1 Å². The molecule has 0 saturated heterocycles. The zero-order valence-electron chi connectivity index (χ0n) is 15.2. The van der Waals surface area contributed by atoms with Gasteiger partial charge in [0.25, 0.3) is 0 Å². The normalized spacial score (nSPS) is 12.7. The van der Waals surface area contributed by atoms with Crippen molar-refractivity contribution in [1.82, 2.24) is 0 Å². The van der Waals surface area contributed by atoms with Crippen LogP contribution in [0.25, 0.3) is 0 Å². The Morgan fingerprint density at radius 3 is 2.00 bits per heavy atom. The van der Waals surface area contributed by atoms with Crippen LogP contribution >= 0.6 is 11.8 Å². The highest BCUT2D eigenvalue weighted by atomic mass is 32.2. The van der Waals surface area contributed by atoms with E-state index >= 15 is 0 Å². The lowest BCUT2D eigenvalue weighted by Crippen LogP contribution is -2.28. The number of methoxy groups -OCH3 is 1. The van der Waals surface area contributed by atoms with Crippen LogP contribution in [-0.4, -0.2) is 18.8 Å². The second-order valence-corrected chi connectivity index (χ2v) is 7.50. The number of benzene rings is 3. The Morgan fingerprint density at radius 2 is 1.44 bits per heavy atom. The summed E-state index contributed by atoms with van der Waals surface area (Å²) in [5, 5.41) is 0. The van der Waals surface area contributed by atoms with E-state index in [2.05, 4.69) is 12.1 Å². The van der Waals surface area contributed by atoms with Crippen molar-refractivity contribution in [2.75, 3.05) is 17.8 Å². The quantitative estimate of drug-likeness (QED) is 0.583.